The van der Waals surface area contributed by atoms with E-state index in [0.717, 1.165) is 0 Å². The third-order valence-electron chi connectivity index (χ3n) is 4.45. The molecule has 23 heavy (non-hydrogen) atoms. The molecule has 1 fully saturated rings. The van der Waals surface area contributed by atoms with Crippen LogP contribution in [0.4, 0.5) is 4.39 Å². The van der Waals surface area contributed by atoms with E-state index < -0.39 is 29.7 Å². The van der Waals surface area contributed by atoms with Gasteiger partial charge in [-0.25, -0.2) is 4.39 Å². The van der Waals surface area contributed by atoms with Gasteiger partial charge in [0.15, 0.2) is 11.6 Å². The fraction of sp³-hybridized carbons (Fsp3) is 0.647. The van der Waals surface area contributed by atoms with Crippen LogP contribution in [0.3, 0.4) is 0 Å². The van der Waals surface area contributed by atoms with Crippen LogP contribution in [0.1, 0.15) is 48.0 Å². The van der Waals surface area contributed by atoms with Crippen molar-refractivity contribution < 1.29 is 23.5 Å². The van der Waals surface area contributed by atoms with Gasteiger partial charge in [0, 0.05) is 6.42 Å². The molecule has 0 saturated carbocycles. The van der Waals surface area contributed by atoms with Crippen LogP contribution in [-0.4, -0.2) is 35.6 Å². The van der Waals surface area contributed by atoms with E-state index in [1.54, 1.807) is 26.0 Å². The molecule has 4 nitrogen and oxygen atoms in total. The van der Waals surface area contributed by atoms with Gasteiger partial charge >= 0.3 is 7.12 Å². The van der Waals surface area contributed by atoms with Crippen molar-refractivity contribution in [1.29, 1.82) is 0 Å². The first-order valence-electron chi connectivity index (χ1n) is 7.92. The molecule has 0 unspecified atom stereocenters. The number of aliphatic hydroxyl groups is 1. The molecule has 0 radical (unpaired) electrons. The van der Waals surface area contributed by atoms with Crippen LogP contribution >= 0.6 is 0 Å². The van der Waals surface area contributed by atoms with Gasteiger partial charge in [-0.05, 0) is 59.1 Å². The summed E-state index contributed by atoms with van der Waals surface area (Å²) in [4.78, 5) is 0. The third kappa shape index (κ3) is 4.25. The quantitative estimate of drug-likeness (QED) is 0.846. The molecule has 128 valence electrons. The lowest BCUT2D eigenvalue weighted by atomic mass is 9.79. The number of ether oxygens (including phenoxy) is 1. The molecule has 0 bridgehead atoms. The van der Waals surface area contributed by atoms with Gasteiger partial charge in [0.25, 0.3) is 0 Å². The van der Waals surface area contributed by atoms with E-state index in [9.17, 15) is 9.50 Å². The average molecular weight is 324 g/mol. The second-order valence-corrected chi connectivity index (χ2v) is 7.69. The molecule has 0 spiro atoms. The minimum absolute atomic E-state index is 0.162. The highest BCUT2D eigenvalue weighted by atomic mass is 19.1. The predicted octanol–water partition coefficient (Wildman–Crippen LogP) is 2.66. The monoisotopic (exact) mass is 324 g/mol. The summed E-state index contributed by atoms with van der Waals surface area (Å²) in [5.41, 5.74) is -1.14. The summed E-state index contributed by atoms with van der Waals surface area (Å²) < 4.78 is 31.4. The molecule has 6 heteroatoms. The Morgan fingerprint density at radius 1 is 1.17 bits per heavy atom. The summed E-state index contributed by atoms with van der Waals surface area (Å²) in [5, 5.41) is 9.64. The Hall–Kier alpha value is -1.11. The lowest BCUT2D eigenvalue weighted by Crippen LogP contribution is -2.41. The zero-order chi connectivity index (χ0) is 17.5. The standard InChI is InChI=1S/C17H26BFO4/c1-15(2,20)9-10-21-14-8-7-12(11-13(14)19)18-22-16(3,4)17(5,6)23-18/h7-8,11,20H,9-10H2,1-6H3. The minimum atomic E-state index is -0.834. The van der Waals surface area contributed by atoms with Crippen molar-refractivity contribution in [2.45, 2.75) is 64.8 Å². The SMILES string of the molecule is CC(C)(O)CCOc1ccc(B2OC(C)(C)C(C)(C)O2)cc1F. The smallest absolute Gasteiger partial charge is 0.490 e. The van der Waals surface area contributed by atoms with Crippen molar-refractivity contribution in [3.8, 4) is 5.75 Å². The molecule has 0 aliphatic carbocycles. The van der Waals surface area contributed by atoms with Crippen molar-refractivity contribution in [3.05, 3.63) is 24.0 Å². The molecule has 0 atom stereocenters. The lowest BCUT2D eigenvalue weighted by Gasteiger charge is -2.32. The second kappa shape index (κ2) is 6.08. The highest BCUT2D eigenvalue weighted by Gasteiger charge is 2.51. The predicted molar refractivity (Wildman–Crippen MR) is 88.5 cm³/mol. The fourth-order valence-electron chi connectivity index (χ4n) is 2.17. The van der Waals surface area contributed by atoms with E-state index in [1.807, 2.05) is 27.7 Å². The summed E-state index contributed by atoms with van der Waals surface area (Å²) in [6, 6.07) is 4.69. The summed E-state index contributed by atoms with van der Waals surface area (Å²) in [6.45, 7) is 11.4. The Morgan fingerprint density at radius 3 is 2.22 bits per heavy atom. The van der Waals surface area contributed by atoms with Gasteiger partial charge in [-0.3, -0.25) is 0 Å². The molecule has 0 amide bonds. The first-order chi connectivity index (χ1) is 10.4. The topological polar surface area (TPSA) is 47.9 Å². The van der Waals surface area contributed by atoms with Crippen molar-refractivity contribution in [2.24, 2.45) is 0 Å². The Kier molecular flexibility index (Phi) is 4.82. The largest absolute Gasteiger partial charge is 0.494 e. The van der Waals surface area contributed by atoms with Gasteiger partial charge < -0.3 is 19.2 Å². The normalized spacial score (nSPS) is 19.9. The third-order valence-corrected chi connectivity index (χ3v) is 4.45. The Labute approximate surface area is 138 Å². The maximum absolute atomic E-state index is 14.2. The number of hydrogen-bond donors (Lipinski definition) is 1. The van der Waals surface area contributed by atoms with Crippen LogP contribution in [0, 0.1) is 5.82 Å². The van der Waals surface area contributed by atoms with Gasteiger partial charge in [0.05, 0.1) is 23.4 Å². The molecule has 1 saturated heterocycles. The van der Waals surface area contributed by atoms with Gasteiger partial charge in [0.2, 0.25) is 0 Å². The molecule has 1 aliphatic heterocycles. The van der Waals surface area contributed by atoms with E-state index >= 15 is 0 Å². The first kappa shape index (κ1) is 18.2. The van der Waals surface area contributed by atoms with Crippen LogP contribution in [0.5, 0.6) is 5.75 Å². The summed E-state index contributed by atoms with van der Waals surface area (Å²) >= 11 is 0. The van der Waals surface area contributed by atoms with Gasteiger partial charge in [-0.1, -0.05) is 6.07 Å². The molecule has 1 aliphatic rings. The molecule has 1 aromatic carbocycles. The Bertz CT molecular complexity index is 550. The molecule has 2 rings (SSSR count). The van der Waals surface area contributed by atoms with Crippen LogP contribution < -0.4 is 10.2 Å². The maximum atomic E-state index is 14.2. The van der Waals surface area contributed by atoms with Crippen molar-refractivity contribution in [1.82, 2.24) is 0 Å². The molecule has 1 aromatic rings. The summed E-state index contributed by atoms with van der Waals surface area (Å²) in [5.74, 6) is -0.303. The van der Waals surface area contributed by atoms with Crippen molar-refractivity contribution in [2.75, 3.05) is 6.61 Å². The highest BCUT2D eigenvalue weighted by molar-refractivity contribution is 6.62. The van der Waals surface area contributed by atoms with E-state index in [1.165, 1.54) is 6.07 Å². The summed E-state index contributed by atoms with van der Waals surface area (Å²) in [7, 11) is -0.597. The van der Waals surface area contributed by atoms with Crippen molar-refractivity contribution >= 4 is 12.6 Å². The summed E-state index contributed by atoms with van der Waals surface area (Å²) in [6.07, 6.45) is 0.422. The molecule has 1 heterocycles. The van der Waals surface area contributed by atoms with Crippen LogP contribution in [0.2, 0.25) is 0 Å². The lowest BCUT2D eigenvalue weighted by molar-refractivity contribution is 0.00578. The van der Waals surface area contributed by atoms with Crippen molar-refractivity contribution in [3.63, 3.8) is 0 Å². The van der Waals surface area contributed by atoms with E-state index in [0.29, 0.717) is 11.9 Å². The van der Waals surface area contributed by atoms with Gasteiger partial charge in [-0.2, -0.15) is 0 Å². The van der Waals surface area contributed by atoms with Crippen LogP contribution in [-0.2, 0) is 9.31 Å². The van der Waals surface area contributed by atoms with Crippen LogP contribution in [0.25, 0.3) is 0 Å². The molecule has 1 N–H and O–H groups in total. The number of halogens is 1. The minimum Gasteiger partial charge on any atom is -0.490 e. The molecular formula is C17H26BFO4. The average Bonchev–Trinajstić information content (AvgIpc) is 2.59. The molecular weight excluding hydrogens is 298 g/mol. The Morgan fingerprint density at radius 2 is 1.74 bits per heavy atom. The maximum Gasteiger partial charge on any atom is 0.494 e. The van der Waals surface area contributed by atoms with E-state index in [-0.39, 0.29) is 12.4 Å². The zero-order valence-corrected chi connectivity index (χ0v) is 14.8. The number of hydrogen-bond acceptors (Lipinski definition) is 4. The number of rotatable bonds is 5. The Balaban J connectivity index is 2.06. The highest BCUT2D eigenvalue weighted by Crippen LogP contribution is 2.36. The van der Waals surface area contributed by atoms with Gasteiger partial charge in [0.1, 0.15) is 0 Å². The number of benzene rings is 1. The van der Waals surface area contributed by atoms with E-state index in [2.05, 4.69) is 0 Å². The van der Waals surface area contributed by atoms with Gasteiger partial charge in [-0.15, -0.1) is 0 Å². The second-order valence-electron chi connectivity index (χ2n) is 7.69. The first-order valence-corrected chi connectivity index (χ1v) is 7.92. The zero-order valence-electron chi connectivity index (χ0n) is 14.8. The fourth-order valence-corrected chi connectivity index (χ4v) is 2.17. The van der Waals surface area contributed by atoms with Crippen LogP contribution in [0.15, 0.2) is 18.2 Å². The van der Waals surface area contributed by atoms with E-state index in [4.69, 9.17) is 14.0 Å². The molecule has 0 aromatic heterocycles.